The van der Waals surface area contributed by atoms with Gasteiger partial charge in [0, 0.05) is 0 Å². The molecule has 24 heteroatoms. The van der Waals surface area contributed by atoms with Crippen molar-refractivity contribution in [2.75, 3.05) is 52.9 Å². The maximum atomic E-state index is 14.0. The van der Waals surface area contributed by atoms with E-state index >= 15 is 0 Å². The van der Waals surface area contributed by atoms with Crippen LogP contribution in [0.4, 0.5) is 0 Å². The van der Waals surface area contributed by atoms with Gasteiger partial charge in [0.15, 0.2) is 0 Å². The zero-order chi connectivity index (χ0) is 49.9. The molecule has 16 nitrogen and oxygen atoms in total. The largest absolute Gasteiger partial charge is 0.506 e. The maximum absolute atomic E-state index is 14.0. The van der Waals surface area contributed by atoms with E-state index in [2.05, 4.69) is 0 Å². The number of fused-ring (bicyclic) bond motifs is 8. The van der Waals surface area contributed by atoms with Crippen molar-refractivity contribution in [1.82, 2.24) is 0 Å². The van der Waals surface area contributed by atoms with Gasteiger partial charge in [-0.2, -0.15) is 0 Å². The lowest BCUT2D eigenvalue weighted by Crippen LogP contribution is -2.01. The number of phenolic OH excluding ortho intramolecular Hbond substituents is 4. The van der Waals surface area contributed by atoms with Gasteiger partial charge >= 0.3 is 30.4 Å². The molecule has 0 saturated heterocycles. The summed E-state index contributed by atoms with van der Waals surface area (Å²) >= 11 is 3.81. The minimum atomic E-state index is -3.73. The Balaban J connectivity index is 1.86. The summed E-state index contributed by atoms with van der Waals surface area (Å²) in [6.45, 7) is 14.3. The van der Waals surface area contributed by atoms with Crippen LogP contribution >= 0.6 is 77.4 Å². The quantitative estimate of drug-likeness (QED) is 0.0422. The summed E-state index contributed by atoms with van der Waals surface area (Å²) in [5, 5.41) is 48.7. The molecule has 1 aliphatic heterocycles. The lowest BCUT2D eigenvalue weighted by molar-refractivity contribution is 0.218. The second-order valence-corrected chi connectivity index (χ2v) is 27.1. The van der Waals surface area contributed by atoms with Gasteiger partial charge in [0.1, 0.15) is 23.0 Å². The number of aromatic hydroxyl groups is 4. The first-order valence-corrected chi connectivity index (χ1v) is 32.2. The lowest BCUT2D eigenvalue weighted by atomic mass is 10.2. The zero-order valence-corrected chi connectivity index (χ0v) is 46.1. The van der Waals surface area contributed by atoms with Crippen molar-refractivity contribution in [3.63, 3.8) is 0 Å². The molecule has 68 heavy (non-hydrogen) atoms. The first kappa shape index (κ1) is 57.0. The molecule has 0 radical (unpaired) electrons. The number of benzene rings is 4. The van der Waals surface area contributed by atoms with Crippen LogP contribution in [0.2, 0.25) is 0 Å². The Kier molecular flexibility index (Phi) is 21.5. The minimum absolute atomic E-state index is 0.0962. The van der Waals surface area contributed by atoms with E-state index in [4.69, 9.17) is 36.2 Å². The Morgan fingerprint density at radius 3 is 0.559 bits per heavy atom. The van der Waals surface area contributed by atoms with Crippen LogP contribution < -0.4 is 0 Å². The number of phenols is 4. The van der Waals surface area contributed by atoms with Gasteiger partial charge in [0.05, 0.1) is 117 Å². The molecule has 0 aromatic heterocycles. The summed E-state index contributed by atoms with van der Waals surface area (Å²) in [6.07, 6.45) is -0.818. The third-order valence-corrected chi connectivity index (χ3v) is 21.9. The third kappa shape index (κ3) is 15.1. The molecule has 0 amide bonds. The minimum Gasteiger partial charge on any atom is -0.506 e. The van der Waals surface area contributed by atoms with E-state index in [9.17, 15) is 38.7 Å². The molecule has 0 aliphatic carbocycles. The molecule has 0 atom stereocenters. The van der Waals surface area contributed by atoms with Gasteiger partial charge in [-0.15, -0.1) is 0 Å². The highest BCUT2D eigenvalue weighted by Crippen LogP contribution is 2.60. The van der Waals surface area contributed by atoms with Crippen LogP contribution in [-0.4, -0.2) is 73.3 Å². The fourth-order valence-electron chi connectivity index (χ4n) is 6.99. The van der Waals surface area contributed by atoms with E-state index in [1.54, 1.807) is 104 Å². The van der Waals surface area contributed by atoms with E-state index in [0.717, 1.165) is 47.0 Å². The molecule has 4 aromatic carbocycles. The molecule has 0 fully saturated rings. The predicted molar refractivity (Wildman–Crippen MR) is 267 cm³/mol. The number of hydrogen-bond acceptors (Lipinski definition) is 20. The van der Waals surface area contributed by atoms with Gasteiger partial charge in [-0.1, -0.05) is 47.0 Å². The van der Waals surface area contributed by atoms with Crippen LogP contribution in [0.15, 0.2) is 87.7 Å². The Morgan fingerprint density at radius 1 is 0.309 bits per heavy atom. The van der Waals surface area contributed by atoms with E-state index in [1.807, 2.05) is 0 Å². The van der Waals surface area contributed by atoms with E-state index in [0.29, 0.717) is 22.3 Å². The molecule has 0 saturated carbocycles. The summed E-state index contributed by atoms with van der Waals surface area (Å²) in [4.78, 5) is 1.52. The molecule has 4 N–H and O–H groups in total. The summed E-state index contributed by atoms with van der Waals surface area (Å²) in [5.74, 6) is -1.05. The van der Waals surface area contributed by atoms with Gasteiger partial charge < -0.3 is 56.6 Å². The summed E-state index contributed by atoms with van der Waals surface area (Å²) in [5.41, 5.74) is 1.70. The highest BCUT2D eigenvalue weighted by molar-refractivity contribution is 8.01. The molecular weight excluding hydrogens is 1040 g/mol. The van der Waals surface area contributed by atoms with Crippen LogP contribution in [-0.2, 0) is 79.1 Å². The second kappa shape index (κ2) is 25.6. The van der Waals surface area contributed by atoms with Crippen molar-refractivity contribution < 1.29 is 74.9 Å². The Labute approximate surface area is 415 Å². The van der Waals surface area contributed by atoms with Crippen LogP contribution in [0.5, 0.6) is 23.0 Å². The molecule has 1 heterocycles. The topological polar surface area (TPSA) is 223 Å². The zero-order valence-electron chi connectivity index (χ0n) is 39.2. The first-order chi connectivity index (χ1) is 32.3. The van der Waals surface area contributed by atoms with Crippen molar-refractivity contribution in [1.29, 1.82) is 0 Å². The van der Waals surface area contributed by atoms with Gasteiger partial charge in [-0.05, 0) is 126 Å². The molecule has 0 unspecified atom stereocenters. The highest BCUT2D eigenvalue weighted by Gasteiger charge is 2.32. The smallest absolute Gasteiger partial charge is 0.335 e. The van der Waals surface area contributed by atoms with Crippen molar-refractivity contribution in [3.8, 4) is 23.0 Å². The van der Waals surface area contributed by atoms with Gasteiger partial charge in [0.25, 0.3) is 0 Å². The predicted octanol–water partition coefficient (Wildman–Crippen LogP) is 14.5. The monoisotopic (exact) mass is 1100 g/mol. The average molecular weight is 1100 g/mol. The van der Waals surface area contributed by atoms with E-state index < -0.39 is 30.4 Å². The van der Waals surface area contributed by atoms with Crippen molar-refractivity contribution in [2.45, 2.75) is 119 Å². The normalized spacial score (nSPS) is 13.5. The van der Waals surface area contributed by atoms with Gasteiger partial charge in [-0.25, -0.2) is 0 Å². The SMILES string of the molecule is CCOP(=O)(Cc1cc2c(O)c(c1)Sc1cc(CP(=O)(OCC)OCC)cc(c1O)Sc1cc(CP(=O)(OCC)OCC)cc(c1O)Sc1cc(CP(=O)(OCC)OCC)cc(c1O)S2)OCC. The Morgan fingerprint density at radius 2 is 0.441 bits per heavy atom. The highest BCUT2D eigenvalue weighted by atomic mass is 32.2. The Hall–Kier alpha value is -1.92. The molecule has 376 valence electrons. The molecule has 8 bridgehead atoms. The number of rotatable bonds is 24. The third-order valence-electron chi connectivity index (χ3n) is 9.39. The van der Waals surface area contributed by atoms with Crippen LogP contribution in [0.3, 0.4) is 0 Å². The first-order valence-electron chi connectivity index (χ1n) is 22.0. The van der Waals surface area contributed by atoms with Crippen LogP contribution in [0.1, 0.15) is 77.6 Å². The summed E-state index contributed by atoms with van der Waals surface area (Å²) in [7, 11) is -14.9. The van der Waals surface area contributed by atoms with Crippen molar-refractivity contribution in [2.24, 2.45) is 0 Å². The molecular formula is C44H60O16P4S4. The fraction of sp³-hybridized carbons (Fsp3) is 0.455. The summed E-state index contributed by atoms with van der Waals surface area (Å²) in [6, 6.07) is 12.8. The fourth-order valence-corrected chi connectivity index (χ4v) is 18.2. The molecule has 5 rings (SSSR count). The van der Waals surface area contributed by atoms with Crippen LogP contribution in [0.25, 0.3) is 0 Å². The standard InChI is InChI=1S/C44H60O16P4S4/c1-9-53-61(49,54-10-2)25-29-17-33-41(45)34(18-29)66-36-20-31(27-63(51,57-13-5)58-14-6)22-38(43(36)47)68-40-24-32(28-64(52,59-15-7)60-16-8)23-39(44(40)48)67-37-21-30(19-35(65-33)42(37)46)26-62(50,55-11-3)56-12-4/h17-24,45-48H,9-16,25-28H2,1-8H3. The lowest BCUT2D eigenvalue weighted by Gasteiger charge is -2.22. The Bertz CT molecular complexity index is 2120. The van der Waals surface area contributed by atoms with Gasteiger partial charge in [-0.3, -0.25) is 18.3 Å². The molecule has 1 aliphatic rings. The van der Waals surface area contributed by atoms with E-state index in [-0.39, 0.29) is 140 Å². The average Bonchev–Trinajstić information content (AvgIpc) is 3.24. The van der Waals surface area contributed by atoms with Crippen molar-refractivity contribution >= 4 is 77.4 Å². The van der Waals surface area contributed by atoms with Crippen molar-refractivity contribution in [3.05, 3.63) is 70.8 Å². The molecule has 4 aromatic rings. The second-order valence-electron chi connectivity index (χ2n) is 14.6. The number of hydrogen-bond donors (Lipinski definition) is 4. The summed E-state index contributed by atoms with van der Waals surface area (Å²) < 4.78 is 101. The molecule has 0 spiro atoms. The van der Waals surface area contributed by atoms with Gasteiger partial charge in [0.2, 0.25) is 0 Å². The maximum Gasteiger partial charge on any atom is 0.335 e. The van der Waals surface area contributed by atoms with Crippen LogP contribution in [0, 0.1) is 0 Å². The van der Waals surface area contributed by atoms with E-state index in [1.165, 1.54) is 0 Å².